The Kier molecular flexibility index (Phi) is 3.34. The first-order chi connectivity index (χ1) is 10.9. The van der Waals surface area contributed by atoms with Gasteiger partial charge in [0.05, 0.1) is 11.5 Å². The summed E-state index contributed by atoms with van der Waals surface area (Å²) >= 11 is 0. The lowest BCUT2D eigenvalue weighted by Gasteiger charge is -2.22. The Labute approximate surface area is 137 Å². The molecule has 0 aromatic heterocycles. The Balaban J connectivity index is 1.43. The van der Waals surface area contributed by atoms with Gasteiger partial charge in [-0.1, -0.05) is 24.3 Å². The Bertz CT molecular complexity index is 757. The van der Waals surface area contributed by atoms with E-state index >= 15 is 0 Å². The first-order valence-corrected chi connectivity index (χ1v) is 10.3. The molecule has 124 valence electrons. The summed E-state index contributed by atoms with van der Waals surface area (Å²) in [5.74, 6) is 0.920. The second-order valence-electron chi connectivity index (χ2n) is 7.56. The molecule has 1 amide bonds. The summed E-state index contributed by atoms with van der Waals surface area (Å²) < 4.78 is 23.2. The molecule has 1 aromatic carbocycles. The molecule has 23 heavy (non-hydrogen) atoms. The number of rotatable bonds is 3. The first-order valence-electron chi connectivity index (χ1n) is 8.45. The molecule has 0 N–H and O–H groups in total. The van der Waals surface area contributed by atoms with E-state index in [0.717, 1.165) is 19.3 Å². The van der Waals surface area contributed by atoms with E-state index in [1.54, 1.807) is 4.90 Å². The van der Waals surface area contributed by atoms with Crippen LogP contribution in [0.3, 0.4) is 0 Å². The lowest BCUT2D eigenvalue weighted by Crippen LogP contribution is -2.35. The van der Waals surface area contributed by atoms with Crippen molar-refractivity contribution in [1.29, 1.82) is 0 Å². The molecule has 1 aliphatic heterocycles. The van der Waals surface area contributed by atoms with E-state index in [1.165, 1.54) is 11.1 Å². The highest BCUT2D eigenvalue weighted by Gasteiger charge is 2.61. The molecule has 0 bridgehead atoms. The Morgan fingerprint density at radius 3 is 2.87 bits per heavy atom. The normalized spacial score (nSPS) is 33.6. The highest BCUT2D eigenvalue weighted by Crippen LogP contribution is 2.61. The van der Waals surface area contributed by atoms with Gasteiger partial charge in [-0.2, -0.15) is 0 Å². The Morgan fingerprint density at radius 1 is 1.35 bits per heavy atom. The molecule has 2 aliphatic carbocycles. The highest BCUT2D eigenvalue weighted by molar-refractivity contribution is 7.91. The summed E-state index contributed by atoms with van der Waals surface area (Å²) in [4.78, 5) is 14.6. The Hall–Kier alpha value is -1.36. The lowest BCUT2D eigenvalue weighted by atomic mass is 9.95. The van der Waals surface area contributed by atoms with E-state index < -0.39 is 9.84 Å². The summed E-state index contributed by atoms with van der Waals surface area (Å²) in [6.07, 6.45) is 3.80. The van der Waals surface area contributed by atoms with Crippen LogP contribution in [0, 0.1) is 11.8 Å². The fraction of sp³-hybridized carbons (Fsp3) is 0.611. The minimum atomic E-state index is -2.87. The van der Waals surface area contributed by atoms with Crippen LogP contribution in [0.5, 0.6) is 0 Å². The van der Waals surface area contributed by atoms with Crippen LogP contribution in [0.2, 0.25) is 0 Å². The van der Waals surface area contributed by atoms with Crippen molar-refractivity contribution in [1.82, 2.24) is 4.90 Å². The maximum absolute atomic E-state index is 12.8. The lowest BCUT2D eigenvalue weighted by molar-refractivity contribution is -0.132. The number of sulfone groups is 1. The predicted molar refractivity (Wildman–Crippen MR) is 88.9 cm³/mol. The minimum absolute atomic E-state index is 0.0731. The fourth-order valence-electron chi connectivity index (χ4n) is 4.68. The smallest absolute Gasteiger partial charge is 0.226 e. The molecule has 0 unspecified atom stereocenters. The molecular formula is C18H23NO3S. The van der Waals surface area contributed by atoms with Crippen LogP contribution in [0.4, 0.5) is 0 Å². The number of aryl methyl sites for hydroxylation is 1. The topological polar surface area (TPSA) is 54.5 Å². The van der Waals surface area contributed by atoms with E-state index in [9.17, 15) is 13.2 Å². The maximum atomic E-state index is 12.8. The van der Waals surface area contributed by atoms with E-state index in [0.29, 0.717) is 13.0 Å². The van der Waals surface area contributed by atoms with Crippen molar-refractivity contribution in [3.05, 3.63) is 35.4 Å². The van der Waals surface area contributed by atoms with Crippen molar-refractivity contribution >= 4 is 15.7 Å². The van der Waals surface area contributed by atoms with Crippen molar-refractivity contribution in [3.8, 4) is 0 Å². The monoisotopic (exact) mass is 333 g/mol. The average molecular weight is 333 g/mol. The number of hydrogen-bond donors (Lipinski definition) is 0. The number of carbonyl (C=O) groups is 1. The van der Waals surface area contributed by atoms with Crippen LogP contribution in [-0.2, 0) is 26.5 Å². The van der Waals surface area contributed by atoms with E-state index in [2.05, 4.69) is 24.3 Å². The van der Waals surface area contributed by atoms with Crippen LogP contribution in [0.15, 0.2) is 24.3 Å². The third-order valence-corrected chi connectivity index (χ3v) is 7.84. The second-order valence-corrected chi connectivity index (χ2v) is 9.79. The van der Waals surface area contributed by atoms with Gasteiger partial charge in [0.2, 0.25) is 5.91 Å². The third-order valence-electron chi connectivity index (χ3n) is 6.00. The molecule has 1 aromatic rings. The van der Waals surface area contributed by atoms with Gasteiger partial charge in [-0.15, -0.1) is 0 Å². The minimum Gasteiger partial charge on any atom is -0.345 e. The van der Waals surface area contributed by atoms with Gasteiger partial charge < -0.3 is 4.90 Å². The molecule has 1 spiro atoms. The van der Waals surface area contributed by atoms with Crippen molar-refractivity contribution in [3.63, 3.8) is 0 Å². The quantitative estimate of drug-likeness (QED) is 0.847. The number of hydrogen-bond acceptors (Lipinski definition) is 3. The van der Waals surface area contributed by atoms with Gasteiger partial charge in [-0.3, -0.25) is 4.79 Å². The molecule has 5 heteroatoms. The highest BCUT2D eigenvalue weighted by atomic mass is 32.2. The number of amides is 1. The van der Waals surface area contributed by atoms with E-state index in [4.69, 9.17) is 0 Å². The van der Waals surface area contributed by atoms with Gasteiger partial charge in [0.1, 0.15) is 0 Å². The molecule has 4 nitrogen and oxygen atoms in total. The molecule has 0 radical (unpaired) electrons. The Morgan fingerprint density at radius 2 is 2.13 bits per heavy atom. The molecule has 3 atom stereocenters. The van der Waals surface area contributed by atoms with Gasteiger partial charge in [0.25, 0.3) is 0 Å². The van der Waals surface area contributed by atoms with Gasteiger partial charge in [-0.05, 0) is 42.7 Å². The summed E-state index contributed by atoms with van der Waals surface area (Å²) in [6, 6.07) is 8.50. The molecule has 1 saturated carbocycles. The van der Waals surface area contributed by atoms with Gasteiger partial charge in [0, 0.05) is 24.9 Å². The van der Waals surface area contributed by atoms with Crippen LogP contribution >= 0.6 is 0 Å². The largest absolute Gasteiger partial charge is 0.345 e. The fourth-order valence-corrected chi connectivity index (χ4v) is 6.53. The molecule has 1 saturated heterocycles. The number of fused-ring (bicyclic) bond motifs is 2. The van der Waals surface area contributed by atoms with Crippen molar-refractivity contribution in [2.75, 3.05) is 25.1 Å². The average Bonchev–Trinajstić information content (AvgIpc) is 2.98. The summed E-state index contributed by atoms with van der Waals surface area (Å²) in [5, 5.41) is 0. The van der Waals surface area contributed by atoms with Crippen molar-refractivity contribution < 1.29 is 13.2 Å². The number of carbonyl (C=O) groups excluding carboxylic acids is 1. The SMILES string of the molecule is CN(C[C@@H]1CCS(=O)(=O)C1)C(=O)[C@@H]1C[C@]12CCc1ccccc12. The summed E-state index contributed by atoms with van der Waals surface area (Å²) in [6.45, 7) is 0.576. The van der Waals surface area contributed by atoms with E-state index in [1.807, 2.05) is 7.05 Å². The van der Waals surface area contributed by atoms with Crippen molar-refractivity contribution in [2.24, 2.45) is 11.8 Å². The summed E-state index contributed by atoms with van der Waals surface area (Å²) in [5.41, 5.74) is 2.84. The molecule has 4 rings (SSSR count). The van der Waals surface area contributed by atoms with Crippen molar-refractivity contribution in [2.45, 2.75) is 31.1 Å². The second kappa shape index (κ2) is 5.07. The van der Waals surface area contributed by atoms with Crippen LogP contribution in [-0.4, -0.2) is 44.3 Å². The van der Waals surface area contributed by atoms with E-state index in [-0.39, 0.29) is 34.7 Å². The standard InChI is InChI=1S/C18H23NO3S/c1-19(11-13-7-9-23(21,22)12-13)17(20)16-10-18(16)8-6-14-4-2-3-5-15(14)18/h2-5,13,16H,6-12H2,1H3/t13-,16-,18-/m0/s1. The number of benzene rings is 1. The maximum Gasteiger partial charge on any atom is 0.226 e. The molecule has 3 aliphatic rings. The first kappa shape index (κ1) is 15.2. The van der Waals surface area contributed by atoms with Gasteiger partial charge in [0.15, 0.2) is 9.84 Å². The predicted octanol–water partition coefficient (Wildman–Crippen LogP) is 1.78. The zero-order valence-corrected chi connectivity index (χ0v) is 14.3. The zero-order valence-electron chi connectivity index (χ0n) is 13.5. The zero-order chi connectivity index (χ0) is 16.2. The molecular weight excluding hydrogens is 310 g/mol. The molecule has 1 heterocycles. The molecule has 2 fully saturated rings. The van der Waals surface area contributed by atoms with Crippen LogP contribution < -0.4 is 0 Å². The van der Waals surface area contributed by atoms with Crippen LogP contribution in [0.1, 0.15) is 30.4 Å². The van der Waals surface area contributed by atoms with Gasteiger partial charge >= 0.3 is 0 Å². The number of nitrogens with zero attached hydrogens (tertiary/aromatic N) is 1. The third kappa shape index (κ3) is 2.49. The van der Waals surface area contributed by atoms with Gasteiger partial charge in [-0.25, -0.2) is 8.42 Å². The van der Waals surface area contributed by atoms with Crippen LogP contribution in [0.25, 0.3) is 0 Å². The summed E-state index contributed by atoms with van der Waals surface area (Å²) in [7, 11) is -1.04.